The summed E-state index contributed by atoms with van der Waals surface area (Å²) in [6, 6.07) is 0. The Balaban J connectivity index is 1.84. The topological polar surface area (TPSA) is 58.4 Å². The molecule has 0 atom stereocenters. The lowest BCUT2D eigenvalue weighted by molar-refractivity contribution is -0.121. The van der Waals surface area contributed by atoms with Crippen LogP contribution in [0, 0.1) is 13.8 Å². The first kappa shape index (κ1) is 17.0. The predicted octanol–water partition coefficient (Wildman–Crippen LogP) is 2.60. The van der Waals surface area contributed by atoms with Gasteiger partial charge in [-0.15, -0.1) is 0 Å². The minimum Gasteiger partial charge on any atom is -0.361 e. The predicted molar refractivity (Wildman–Crippen MR) is 86.8 cm³/mol. The lowest BCUT2D eigenvalue weighted by Crippen LogP contribution is -2.53. The van der Waals surface area contributed by atoms with Gasteiger partial charge in [0.15, 0.2) is 0 Å². The molecular weight excluding hydrogens is 278 g/mol. The third-order valence-corrected chi connectivity index (χ3v) is 5.13. The molecule has 1 aromatic rings. The Morgan fingerprint density at radius 3 is 2.50 bits per heavy atom. The number of carbonyl (C=O) groups excluding carboxylic acids is 1. The normalized spacial score (nSPS) is 17.7. The highest BCUT2D eigenvalue weighted by Crippen LogP contribution is 2.31. The van der Waals surface area contributed by atoms with E-state index < -0.39 is 0 Å². The van der Waals surface area contributed by atoms with Crippen LogP contribution in [0.5, 0.6) is 0 Å². The number of aromatic nitrogens is 1. The summed E-state index contributed by atoms with van der Waals surface area (Å²) < 4.78 is 5.14. The number of carbonyl (C=O) groups is 1. The molecule has 1 aromatic heterocycles. The molecule has 1 saturated carbocycles. The third kappa shape index (κ3) is 3.88. The van der Waals surface area contributed by atoms with E-state index in [1.807, 2.05) is 13.8 Å². The van der Waals surface area contributed by atoms with Gasteiger partial charge in [-0.25, -0.2) is 0 Å². The molecule has 0 aromatic carbocycles. The summed E-state index contributed by atoms with van der Waals surface area (Å²) in [5, 5.41) is 7.08. The van der Waals surface area contributed by atoms with Crippen molar-refractivity contribution in [3.8, 4) is 0 Å². The fourth-order valence-corrected chi connectivity index (χ4v) is 3.44. The second-order valence-electron chi connectivity index (χ2n) is 6.76. The van der Waals surface area contributed by atoms with Gasteiger partial charge in [0, 0.05) is 24.1 Å². The van der Waals surface area contributed by atoms with E-state index in [1.54, 1.807) is 0 Å². The number of nitrogens with zero attached hydrogens (tertiary/aromatic N) is 2. The molecule has 1 aliphatic carbocycles. The van der Waals surface area contributed by atoms with Crippen molar-refractivity contribution in [1.82, 2.24) is 15.4 Å². The maximum atomic E-state index is 12.2. The van der Waals surface area contributed by atoms with Crippen LogP contribution in [0.3, 0.4) is 0 Å². The molecule has 0 spiro atoms. The van der Waals surface area contributed by atoms with Gasteiger partial charge >= 0.3 is 0 Å². The van der Waals surface area contributed by atoms with Crippen molar-refractivity contribution < 1.29 is 9.32 Å². The van der Waals surface area contributed by atoms with Crippen LogP contribution in [0.25, 0.3) is 0 Å². The lowest BCUT2D eigenvalue weighted by atomic mass is 9.80. The van der Waals surface area contributed by atoms with Crippen molar-refractivity contribution in [3.05, 3.63) is 17.0 Å². The standard InChI is InChI=1S/C17H29N3O2/c1-13-15(14(2)22-19-13)8-9-16(21)18-12-17(20(3)4)10-6-5-7-11-17/h5-12H2,1-4H3,(H,18,21). The monoisotopic (exact) mass is 307 g/mol. The van der Waals surface area contributed by atoms with Gasteiger partial charge in [-0.3, -0.25) is 4.79 Å². The summed E-state index contributed by atoms with van der Waals surface area (Å²) in [5.41, 5.74) is 2.09. The SMILES string of the molecule is Cc1noc(C)c1CCC(=O)NCC1(N(C)C)CCCCC1. The Labute approximate surface area is 133 Å². The second-order valence-corrected chi connectivity index (χ2v) is 6.76. The van der Waals surface area contributed by atoms with E-state index in [0.717, 1.165) is 23.6 Å². The lowest BCUT2D eigenvalue weighted by Gasteiger charge is -2.43. The van der Waals surface area contributed by atoms with Crippen LogP contribution in [0.4, 0.5) is 0 Å². The number of aryl methyl sites for hydroxylation is 2. The van der Waals surface area contributed by atoms with Gasteiger partial charge in [-0.2, -0.15) is 0 Å². The highest BCUT2D eigenvalue weighted by molar-refractivity contribution is 5.76. The first-order chi connectivity index (χ1) is 10.4. The molecule has 5 heteroatoms. The minimum atomic E-state index is 0.117. The van der Waals surface area contributed by atoms with Gasteiger partial charge in [-0.05, 0) is 47.2 Å². The van der Waals surface area contributed by atoms with Gasteiger partial charge < -0.3 is 14.7 Å². The Kier molecular flexibility index (Phi) is 5.62. The van der Waals surface area contributed by atoms with Crippen LogP contribution in [0.1, 0.15) is 55.5 Å². The average Bonchev–Trinajstić information content (AvgIpc) is 2.82. The molecular formula is C17H29N3O2. The molecule has 0 radical (unpaired) electrons. The van der Waals surface area contributed by atoms with Crippen molar-refractivity contribution in [2.45, 2.75) is 64.3 Å². The molecule has 124 valence electrons. The average molecular weight is 307 g/mol. The first-order valence-corrected chi connectivity index (χ1v) is 8.30. The summed E-state index contributed by atoms with van der Waals surface area (Å²) in [5.74, 6) is 0.939. The zero-order valence-electron chi connectivity index (χ0n) is 14.4. The smallest absolute Gasteiger partial charge is 0.220 e. The number of hydrogen-bond donors (Lipinski definition) is 1. The molecule has 1 aliphatic rings. The van der Waals surface area contributed by atoms with Crippen LogP contribution in [0.2, 0.25) is 0 Å². The van der Waals surface area contributed by atoms with Crippen LogP contribution >= 0.6 is 0 Å². The van der Waals surface area contributed by atoms with E-state index in [2.05, 4.69) is 29.5 Å². The van der Waals surface area contributed by atoms with Crippen molar-refractivity contribution in [2.75, 3.05) is 20.6 Å². The van der Waals surface area contributed by atoms with Gasteiger partial charge in [0.2, 0.25) is 5.91 Å². The molecule has 1 N–H and O–H groups in total. The summed E-state index contributed by atoms with van der Waals surface area (Å²) in [4.78, 5) is 14.5. The molecule has 22 heavy (non-hydrogen) atoms. The minimum absolute atomic E-state index is 0.117. The fourth-order valence-electron chi connectivity index (χ4n) is 3.44. The molecule has 0 saturated heterocycles. The van der Waals surface area contributed by atoms with Gasteiger partial charge in [-0.1, -0.05) is 24.4 Å². The summed E-state index contributed by atoms with van der Waals surface area (Å²) >= 11 is 0. The highest BCUT2D eigenvalue weighted by atomic mass is 16.5. The number of hydrogen-bond acceptors (Lipinski definition) is 4. The fraction of sp³-hybridized carbons (Fsp3) is 0.765. The largest absolute Gasteiger partial charge is 0.361 e. The molecule has 2 rings (SSSR count). The maximum absolute atomic E-state index is 12.2. The highest BCUT2D eigenvalue weighted by Gasteiger charge is 2.34. The van der Waals surface area contributed by atoms with Gasteiger partial charge in [0.05, 0.1) is 5.69 Å². The van der Waals surface area contributed by atoms with Gasteiger partial charge in [0.25, 0.3) is 0 Å². The van der Waals surface area contributed by atoms with E-state index in [9.17, 15) is 4.79 Å². The molecule has 0 unspecified atom stereocenters. The Morgan fingerprint density at radius 1 is 1.27 bits per heavy atom. The van der Waals surface area contributed by atoms with Crippen molar-refractivity contribution >= 4 is 5.91 Å². The molecule has 1 fully saturated rings. The quantitative estimate of drug-likeness (QED) is 0.877. The van der Waals surface area contributed by atoms with Gasteiger partial charge in [0.1, 0.15) is 5.76 Å². The number of nitrogens with one attached hydrogen (secondary N) is 1. The van der Waals surface area contributed by atoms with Crippen LogP contribution < -0.4 is 5.32 Å². The van der Waals surface area contributed by atoms with E-state index in [1.165, 1.54) is 32.1 Å². The number of rotatable bonds is 6. The van der Waals surface area contributed by atoms with Crippen molar-refractivity contribution in [1.29, 1.82) is 0 Å². The number of amides is 1. The molecule has 0 aliphatic heterocycles. The zero-order chi connectivity index (χ0) is 16.2. The molecule has 5 nitrogen and oxygen atoms in total. The molecule has 1 amide bonds. The number of likely N-dealkylation sites (N-methyl/N-ethyl adjacent to an activating group) is 1. The Bertz CT molecular complexity index is 483. The van der Waals surface area contributed by atoms with Crippen LogP contribution in [-0.4, -0.2) is 42.1 Å². The Morgan fingerprint density at radius 2 is 1.95 bits per heavy atom. The van der Waals surface area contributed by atoms with Crippen LogP contribution in [-0.2, 0) is 11.2 Å². The van der Waals surface area contributed by atoms with Crippen LogP contribution in [0.15, 0.2) is 4.52 Å². The van der Waals surface area contributed by atoms with E-state index in [-0.39, 0.29) is 11.4 Å². The summed E-state index contributed by atoms with van der Waals surface area (Å²) in [6.07, 6.45) is 7.36. The first-order valence-electron chi connectivity index (χ1n) is 8.30. The second kappa shape index (κ2) is 7.27. The van der Waals surface area contributed by atoms with E-state index in [4.69, 9.17) is 4.52 Å². The molecule has 1 heterocycles. The molecule has 0 bridgehead atoms. The summed E-state index contributed by atoms with van der Waals surface area (Å²) in [6.45, 7) is 4.57. The zero-order valence-corrected chi connectivity index (χ0v) is 14.4. The van der Waals surface area contributed by atoms with Crippen molar-refractivity contribution in [3.63, 3.8) is 0 Å². The van der Waals surface area contributed by atoms with E-state index in [0.29, 0.717) is 12.8 Å². The van der Waals surface area contributed by atoms with Crippen molar-refractivity contribution in [2.24, 2.45) is 0 Å². The summed E-state index contributed by atoms with van der Waals surface area (Å²) in [7, 11) is 4.25. The van der Waals surface area contributed by atoms with E-state index >= 15 is 0 Å². The maximum Gasteiger partial charge on any atom is 0.220 e. The Hall–Kier alpha value is -1.36. The third-order valence-electron chi connectivity index (χ3n) is 5.13.